The molecule has 4 rings (SSSR count). The molecule has 1 fully saturated rings. The fourth-order valence-electron chi connectivity index (χ4n) is 4.88. The first-order chi connectivity index (χ1) is 17.6. The van der Waals surface area contributed by atoms with Gasteiger partial charge in [0, 0.05) is 30.6 Å². The first-order valence-electron chi connectivity index (χ1n) is 12.6. The van der Waals surface area contributed by atoms with Gasteiger partial charge in [0.15, 0.2) is 11.4 Å². The Morgan fingerprint density at radius 2 is 1.62 bits per heavy atom. The maximum absolute atomic E-state index is 12.3. The van der Waals surface area contributed by atoms with Crippen LogP contribution in [0.4, 0.5) is 5.69 Å². The Labute approximate surface area is 217 Å². The van der Waals surface area contributed by atoms with E-state index in [2.05, 4.69) is 82.6 Å². The Balaban J connectivity index is 1.37. The van der Waals surface area contributed by atoms with Crippen molar-refractivity contribution in [2.24, 2.45) is 5.92 Å². The second kappa shape index (κ2) is 11.0. The van der Waals surface area contributed by atoms with E-state index >= 15 is 0 Å². The van der Waals surface area contributed by atoms with Crippen molar-refractivity contribution in [3.63, 3.8) is 0 Å². The lowest BCUT2D eigenvalue weighted by molar-refractivity contribution is -0.135. The third-order valence-electron chi connectivity index (χ3n) is 7.26. The van der Waals surface area contributed by atoms with E-state index in [1.54, 1.807) is 6.92 Å². The van der Waals surface area contributed by atoms with Crippen LogP contribution in [-0.2, 0) is 16.6 Å². The van der Waals surface area contributed by atoms with Crippen LogP contribution in [0.2, 0.25) is 0 Å². The molecule has 0 bridgehead atoms. The number of hydrogen-bond acceptors (Lipinski definition) is 6. The van der Waals surface area contributed by atoms with Gasteiger partial charge in [0.25, 0.3) is 5.91 Å². The second-order valence-corrected chi connectivity index (χ2v) is 10.2. The summed E-state index contributed by atoms with van der Waals surface area (Å²) in [7, 11) is 0. The van der Waals surface area contributed by atoms with E-state index in [0.29, 0.717) is 23.9 Å². The monoisotopic (exact) mass is 502 g/mol. The van der Waals surface area contributed by atoms with E-state index in [0.717, 1.165) is 25.9 Å². The van der Waals surface area contributed by atoms with Crippen LogP contribution in [0.5, 0.6) is 5.75 Å². The summed E-state index contributed by atoms with van der Waals surface area (Å²) < 4.78 is 0. The summed E-state index contributed by atoms with van der Waals surface area (Å²) in [5.74, 6) is -1.37. The summed E-state index contributed by atoms with van der Waals surface area (Å²) in [6.07, 6.45) is 2.51. The third-order valence-corrected chi connectivity index (χ3v) is 7.26. The van der Waals surface area contributed by atoms with Crippen molar-refractivity contribution in [3.05, 3.63) is 82.9 Å². The maximum atomic E-state index is 12.3. The van der Waals surface area contributed by atoms with E-state index in [-0.39, 0.29) is 16.9 Å². The molecule has 37 heavy (non-hydrogen) atoms. The normalized spacial score (nSPS) is 14.4. The smallest absolute Gasteiger partial charge is 0.322 e. The molecule has 8 nitrogen and oxygen atoms in total. The molecule has 0 radical (unpaired) electrons. The van der Waals surface area contributed by atoms with Gasteiger partial charge in [0.1, 0.15) is 12.4 Å². The predicted molar refractivity (Wildman–Crippen MR) is 142 cm³/mol. The zero-order valence-corrected chi connectivity index (χ0v) is 21.6. The van der Waals surface area contributed by atoms with Crippen LogP contribution < -0.4 is 10.2 Å². The molecule has 0 aliphatic carbocycles. The van der Waals surface area contributed by atoms with Crippen molar-refractivity contribution >= 4 is 17.6 Å². The number of hydrogen-bond donors (Lipinski definition) is 3. The maximum Gasteiger partial charge on any atom is 0.322 e. The number of piperidine rings is 1. The van der Waals surface area contributed by atoms with E-state index in [4.69, 9.17) is 5.11 Å². The second-order valence-electron chi connectivity index (χ2n) is 10.2. The minimum Gasteiger partial charge on any atom is -0.504 e. The van der Waals surface area contributed by atoms with Crippen molar-refractivity contribution in [2.75, 3.05) is 24.5 Å². The number of aromatic hydroxyl groups is 1. The molecular weight excluding hydrogens is 468 g/mol. The molecule has 8 heteroatoms. The van der Waals surface area contributed by atoms with Gasteiger partial charge < -0.3 is 20.4 Å². The third kappa shape index (κ3) is 6.07. The molecule has 0 saturated carbocycles. The molecule has 0 unspecified atom stereocenters. The van der Waals surface area contributed by atoms with E-state index < -0.39 is 18.4 Å². The molecule has 0 atom stereocenters. The summed E-state index contributed by atoms with van der Waals surface area (Å²) in [6, 6.07) is 19.4. The molecule has 1 aromatic heterocycles. The highest BCUT2D eigenvalue weighted by Gasteiger charge is 2.25. The molecule has 3 N–H and O–H groups in total. The molecule has 3 aromatic rings. The summed E-state index contributed by atoms with van der Waals surface area (Å²) in [6.45, 7) is 7.39. The standard InChI is InChI=1S/C29H34N4O4/c1-19-27(36)26(28(37)30-18-25(34)35)32-24(31-19)17-20-13-15-33(16-14-20)23-11-9-22(10-12-23)29(2,3)21-7-5-4-6-8-21/h4-12,20,36H,13-18H2,1-3H3,(H,30,37)(H,34,35). The van der Waals surface area contributed by atoms with Crippen LogP contribution in [0, 0.1) is 12.8 Å². The molecule has 1 amide bonds. The summed E-state index contributed by atoms with van der Waals surface area (Å²) in [5, 5.41) is 21.3. The van der Waals surface area contributed by atoms with Gasteiger partial charge in [-0.25, -0.2) is 9.97 Å². The highest BCUT2D eigenvalue weighted by atomic mass is 16.4. The number of carboxylic acids is 1. The highest BCUT2D eigenvalue weighted by molar-refractivity contribution is 5.96. The first-order valence-corrected chi connectivity index (χ1v) is 12.6. The zero-order valence-electron chi connectivity index (χ0n) is 21.6. The van der Waals surface area contributed by atoms with Crippen molar-refractivity contribution in [2.45, 2.75) is 45.4 Å². The van der Waals surface area contributed by atoms with Gasteiger partial charge in [-0.3, -0.25) is 9.59 Å². The number of aliphatic carboxylic acids is 1. The number of carbonyl (C=O) groups excluding carboxylic acids is 1. The minimum atomic E-state index is -1.17. The lowest BCUT2D eigenvalue weighted by Gasteiger charge is -2.34. The van der Waals surface area contributed by atoms with Crippen LogP contribution in [0.1, 0.15) is 59.8 Å². The number of aryl methyl sites for hydroxylation is 1. The number of carbonyl (C=O) groups is 2. The number of nitrogens with one attached hydrogen (secondary N) is 1. The van der Waals surface area contributed by atoms with Gasteiger partial charge in [0.2, 0.25) is 0 Å². The van der Waals surface area contributed by atoms with Gasteiger partial charge in [-0.2, -0.15) is 0 Å². The average molecular weight is 503 g/mol. The minimum absolute atomic E-state index is 0.0710. The van der Waals surface area contributed by atoms with E-state index in [1.165, 1.54) is 16.8 Å². The van der Waals surface area contributed by atoms with Crippen LogP contribution in [0.15, 0.2) is 54.6 Å². The van der Waals surface area contributed by atoms with Gasteiger partial charge in [0.05, 0.1) is 5.69 Å². The van der Waals surface area contributed by atoms with Gasteiger partial charge >= 0.3 is 5.97 Å². The molecular formula is C29H34N4O4. The van der Waals surface area contributed by atoms with Gasteiger partial charge in [-0.15, -0.1) is 0 Å². The van der Waals surface area contributed by atoms with E-state index in [1.807, 2.05) is 6.07 Å². The summed E-state index contributed by atoms with van der Waals surface area (Å²) >= 11 is 0. The first kappa shape index (κ1) is 26.1. The molecule has 194 valence electrons. The lowest BCUT2D eigenvalue weighted by atomic mass is 9.78. The van der Waals surface area contributed by atoms with Crippen LogP contribution in [0.25, 0.3) is 0 Å². The van der Waals surface area contributed by atoms with Crippen LogP contribution in [0.3, 0.4) is 0 Å². The molecule has 2 aromatic carbocycles. The highest BCUT2D eigenvalue weighted by Crippen LogP contribution is 2.33. The number of anilines is 1. The summed E-state index contributed by atoms with van der Waals surface area (Å²) in [4.78, 5) is 34.1. The number of carboxylic acid groups (broad SMARTS) is 1. The van der Waals surface area contributed by atoms with Crippen LogP contribution >= 0.6 is 0 Å². The SMILES string of the molecule is Cc1nc(CC2CCN(c3ccc(C(C)(C)c4ccccc4)cc3)CC2)nc(C(=O)NCC(=O)O)c1O. The molecule has 1 saturated heterocycles. The Kier molecular flexibility index (Phi) is 7.76. The van der Waals surface area contributed by atoms with Crippen molar-refractivity contribution in [3.8, 4) is 5.75 Å². The molecule has 1 aliphatic heterocycles. The van der Waals surface area contributed by atoms with Crippen molar-refractivity contribution in [1.29, 1.82) is 0 Å². The Hall–Kier alpha value is -3.94. The van der Waals surface area contributed by atoms with Gasteiger partial charge in [-0.05, 0) is 48.9 Å². The number of benzene rings is 2. The Morgan fingerprint density at radius 3 is 2.24 bits per heavy atom. The predicted octanol–water partition coefficient (Wildman–Crippen LogP) is 4.09. The van der Waals surface area contributed by atoms with Gasteiger partial charge in [-0.1, -0.05) is 56.3 Å². The quantitative estimate of drug-likeness (QED) is 0.425. The van der Waals surface area contributed by atoms with E-state index in [9.17, 15) is 14.7 Å². The Bertz CT molecular complexity index is 1250. The molecule has 2 heterocycles. The summed E-state index contributed by atoms with van der Waals surface area (Å²) in [5.41, 5.74) is 3.83. The fraction of sp³-hybridized carbons (Fsp3) is 0.379. The van der Waals surface area contributed by atoms with Crippen LogP contribution in [-0.4, -0.2) is 51.7 Å². The molecule has 1 aliphatic rings. The van der Waals surface area contributed by atoms with Crippen molar-refractivity contribution < 1.29 is 19.8 Å². The zero-order chi connectivity index (χ0) is 26.6. The molecule has 0 spiro atoms. The number of amides is 1. The van der Waals surface area contributed by atoms with Crippen molar-refractivity contribution in [1.82, 2.24) is 15.3 Å². The average Bonchev–Trinajstić information content (AvgIpc) is 2.90. The number of rotatable bonds is 8. The Morgan fingerprint density at radius 1 is 1.00 bits per heavy atom. The lowest BCUT2D eigenvalue weighted by Crippen LogP contribution is -2.34. The largest absolute Gasteiger partial charge is 0.504 e. The fourth-order valence-corrected chi connectivity index (χ4v) is 4.88. The number of aromatic nitrogens is 2. The number of nitrogens with zero attached hydrogens (tertiary/aromatic N) is 3. The topological polar surface area (TPSA) is 116 Å².